The van der Waals surface area contributed by atoms with E-state index in [9.17, 15) is 4.39 Å². The Morgan fingerprint density at radius 1 is 1.28 bits per heavy atom. The van der Waals surface area contributed by atoms with Crippen LogP contribution in [0.1, 0.15) is 38.2 Å². The predicted octanol–water partition coefficient (Wildman–Crippen LogP) is 3.42. The largest absolute Gasteiger partial charge is 0.399 e. The number of anilines is 1. The van der Waals surface area contributed by atoms with Crippen molar-refractivity contribution in [2.45, 2.75) is 45.2 Å². The first-order valence-corrected chi connectivity index (χ1v) is 6.81. The molecule has 2 N–H and O–H groups in total. The molecule has 1 fully saturated rings. The van der Waals surface area contributed by atoms with Crippen molar-refractivity contribution in [3.8, 4) is 0 Å². The first-order chi connectivity index (χ1) is 8.56. The summed E-state index contributed by atoms with van der Waals surface area (Å²) < 4.78 is 13.3. The number of rotatable bonds is 3. The summed E-state index contributed by atoms with van der Waals surface area (Å²) in [4.78, 5) is 2.35. The Labute approximate surface area is 109 Å². The van der Waals surface area contributed by atoms with Gasteiger partial charge in [-0.2, -0.15) is 0 Å². The first-order valence-electron chi connectivity index (χ1n) is 6.81. The maximum Gasteiger partial charge on any atom is 0.125 e. The van der Waals surface area contributed by atoms with Gasteiger partial charge in [-0.3, -0.25) is 4.90 Å². The molecule has 1 saturated carbocycles. The molecule has 1 aliphatic carbocycles. The van der Waals surface area contributed by atoms with Gasteiger partial charge in [0, 0.05) is 18.3 Å². The molecule has 1 aliphatic rings. The van der Waals surface area contributed by atoms with Crippen LogP contribution in [0, 0.1) is 11.7 Å². The van der Waals surface area contributed by atoms with Crippen LogP contribution in [-0.2, 0) is 6.54 Å². The van der Waals surface area contributed by atoms with Gasteiger partial charge < -0.3 is 5.73 Å². The Hall–Kier alpha value is -1.09. The van der Waals surface area contributed by atoms with Crippen LogP contribution in [0.15, 0.2) is 18.2 Å². The van der Waals surface area contributed by atoms with Gasteiger partial charge in [-0.05, 0) is 49.6 Å². The maximum atomic E-state index is 13.3. The predicted molar refractivity (Wildman–Crippen MR) is 73.7 cm³/mol. The van der Waals surface area contributed by atoms with Gasteiger partial charge in [-0.15, -0.1) is 0 Å². The second-order valence-corrected chi connectivity index (χ2v) is 5.64. The van der Waals surface area contributed by atoms with E-state index in [1.54, 1.807) is 6.07 Å². The van der Waals surface area contributed by atoms with Gasteiger partial charge in [0.05, 0.1) is 0 Å². The lowest BCUT2D eigenvalue weighted by Gasteiger charge is -2.36. The topological polar surface area (TPSA) is 29.3 Å². The van der Waals surface area contributed by atoms with E-state index in [0.717, 1.165) is 18.0 Å². The smallest absolute Gasteiger partial charge is 0.125 e. The Morgan fingerprint density at radius 2 is 2.00 bits per heavy atom. The molecule has 0 heterocycles. The molecule has 0 radical (unpaired) electrons. The molecule has 2 nitrogen and oxygen atoms in total. The van der Waals surface area contributed by atoms with Gasteiger partial charge in [0.1, 0.15) is 5.82 Å². The Morgan fingerprint density at radius 3 is 2.67 bits per heavy atom. The normalized spacial score (nSPS) is 24.4. The third-order valence-electron chi connectivity index (χ3n) is 4.04. The van der Waals surface area contributed by atoms with Crippen LogP contribution in [0.4, 0.5) is 10.1 Å². The number of hydrogen-bond donors (Lipinski definition) is 1. The van der Waals surface area contributed by atoms with Crippen LogP contribution in [0.5, 0.6) is 0 Å². The average Bonchev–Trinajstić information content (AvgIpc) is 2.27. The molecule has 100 valence electrons. The van der Waals surface area contributed by atoms with Gasteiger partial charge >= 0.3 is 0 Å². The second kappa shape index (κ2) is 5.70. The standard InChI is InChI=1S/C15H23FN2/c1-11-5-3-4-6-15(11)18(2)10-12-7-13(16)9-14(17)8-12/h7-9,11,15H,3-6,10,17H2,1-2H3. The Balaban J connectivity index is 2.03. The maximum absolute atomic E-state index is 13.3. The van der Waals surface area contributed by atoms with Crippen LogP contribution in [0.3, 0.4) is 0 Å². The lowest BCUT2D eigenvalue weighted by molar-refractivity contribution is 0.133. The van der Waals surface area contributed by atoms with Crippen LogP contribution in [-0.4, -0.2) is 18.0 Å². The van der Waals surface area contributed by atoms with E-state index in [2.05, 4.69) is 18.9 Å². The van der Waals surface area contributed by atoms with E-state index in [4.69, 9.17) is 5.73 Å². The highest BCUT2D eigenvalue weighted by Crippen LogP contribution is 2.28. The summed E-state index contributed by atoms with van der Waals surface area (Å²) in [6.07, 6.45) is 5.21. The lowest BCUT2D eigenvalue weighted by atomic mass is 9.85. The van der Waals surface area contributed by atoms with E-state index in [0.29, 0.717) is 11.7 Å². The summed E-state index contributed by atoms with van der Waals surface area (Å²) in [5.41, 5.74) is 7.16. The highest BCUT2D eigenvalue weighted by Gasteiger charge is 2.24. The van der Waals surface area contributed by atoms with Crippen molar-refractivity contribution in [3.05, 3.63) is 29.6 Å². The van der Waals surface area contributed by atoms with Crippen molar-refractivity contribution < 1.29 is 4.39 Å². The van der Waals surface area contributed by atoms with Crippen molar-refractivity contribution in [1.82, 2.24) is 4.90 Å². The molecule has 0 aliphatic heterocycles. The molecule has 2 atom stereocenters. The van der Waals surface area contributed by atoms with Crippen molar-refractivity contribution in [2.75, 3.05) is 12.8 Å². The van der Waals surface area contributed by atoms with E-state index >= 15 is 0 Å². The molecular weight excluding hydrogens is 227 g/mol. The second-order valence-electron chi connectivity index (χ2n) is 5.64. The van der Waals surface area contributed by atoms with Gasteiger partial charge in [-0.25, -0.2) is 4.39 Å². The van der Waals surface area contributed by atoms with Crippen LogP contribution >= 0.6 is 0 Å². The van der Waals surface area contributed by atoms with E-state index in [-0.39, 0.29) is 5.82 Å². The molecule has 2 unspecified atom stereocenters. The zero-order valence-corrected chi connectivity index (χ0v) is 11.3. The van der Waals surface area contributed by atoms with Gasteiger partial charge in [0.2, 0.25) is 0 Å². The lowest BCUT2D eigenvalue weighted by Crippen LogP contribution is -2.38. The van der Waals surface area contributed by atoms with E-state index in [1.807, 2.05) is 6.07 Å². The van der Waals surface area contributed by atoms with Crippen LogP contribution in [0.2, 0.25) is 0 Å². The number of nitrogens with zero attached hydrogens (tertiary/aromatic N) is 1. The molecular formula is C15H23FN2. The Kier molecular flexibility index (Phi) is 4.23. The van der Waals surface area contributed by atoms with Crippen LogP contribution < -0.4 is 5.73 Å². The van der Waals surface area contributed by atoms with E-state index in [1.165, 1.54) is 31.7 Å². The SMILES string of the molecule is CC1CCCCC1N(C)Cc1cc(N)cc(F)c1. The molecule has 0 amide bonds. The highest BCUT2D eigenvalue weighted by molar-refractivity contribution is 5.41. The first kappa shape index (κ1) is 13.3. The van der Waals surface area contributed by atoms with Crippen molar-refractivity contribution in [2.24, 2.45) is 5.92 Å². The van der Waals surface area contributed by atoms with Crippen molar-refractivity contribution in [3.63, 3.8) is 0 Å². The molecule has 2 rings (SSSR count). The molecule has 18 heavy (non-hydrogen) atoms. The van der Waals surface area contributed by atoms with Gasteiger partial charge in [0.15, 0.2) is 0 Å². The fourth-order valence-corrected chi connectivity index (χ4v) is 3.12. The highest BCUT2D eigenvalue weighted by atomic mass is 19.1. The minimum absolute atomic E-state index is 0.241. The summed E-state index contributed by atoms with van der Waals surface area (Å²) in [6, 6.07) is 5.43. The minimum atomic E-state index is -0.241. The number of nitrogens with two attached hydrogens (primary N) is 1. The summed E-state index contributed by atoms with van der Waals surface area (Å²) in [5, 5.41) is 0. The molecule has 0 aromatic heterocycles. The van der Waals surface area contributed by atoms with E-state index < -0.39 is 0 Å². The zero-order valence-electron chi connectivity index (χ0n) is 11.3. The molecule has 3 heteroatoms. The quantitative estimate of drug-likeness (QED) is 0.833. The average molecular weight is 250 g/mol. The molecule has 1 aromatic carbocycles. The summed E-state index contributed by atoms with van der Waals surface area (Å²) in [5.74, 6) is 0.491. The van der Waals surface area contributed by atoms with Gasteiger partial charge in [0.25, 0.3) is 0 Å². The third-order valence-corrected chi connectivity index (χ3v) is 4.04. The zero-order chi connectivity index (χ0) is 13.1. The molecule has 0 spiro atoms. The molecule has 0 saturated heterocycles. The van der Waals surface area contributed by atoms with Crippen LogP contribution in [0.25, 0.3) is 0 Å². The number of halogens is 1. The Bertz CT molecular complexity index is 385. The molecule has 1 aromatic rings. The summed E-state index contributed by atoms with van der Waals surface area (Å²) >= 11 is 0. The summed E-state index contributed by atoms with van der Waals surface area (Å²) in [6.45, 7) is 3.09. The fraction of sp³-hybridized carbons (Fsp3) is 0.600. The number of benzene rings is 1. The molecule has 0 bridgehead atoms. The van der Waals surface area contributed by atoms with Crippen molar-refractivity contribution >= 4 is 5.69 Å². The monoisotopic (exact) mass is 250 g/mol. The van der Waals surface area contributed by atoms with Gasteiger partial charge in [-0.1, -0.05) is 19.8 Å². The minimum Gasteiger partial charge on any atom is -0.399 e. The number of nitrogen functional groups attached to an aromatic ring is 1. The summed E-state index contributed by atoms with van der Waals surface area (Å²) in [7, 11) is 2.13. The fourth-order valence-electron chi connectivity index (χ4n) is 3.12. The number of hydrogen-bond acceptors (Lipinski definition) is 2. The third kappa shape index (κ3) is 3.22. The van der Waals surface area contributed by atoms with Crippen molar-refractivity contribution in [1.29, 1.82) is 0 Å².